The van der Waals surface area contributed by atoms with Crippen LogP contribution in [-0.2, 0) is 0 Å². The molecule has 0 aliphatic rings. The summed E-state index contributed by atoms with van der Waals surface area (Å²) in [5.41, 5.74) is 8.97. The zero-order valence-corrected chi connectivity index (χ0v) is 8.96. The zero-order chi connectivity index (χ0) is 10.3. The van der Waals surface area contributed by atoms with Crippen molar-refractivity contribution in [3.8, 4) is 0 Å². The Labute approximate surface area is 81.3 Å². The molecule has 0 aliphatic carbocycles. The molecule has 0 radical (unpaired) electrons. The highest BCUT2D eigenvalue weighted by molar-refractivity contribution is 5.67. The van der Waals surface area contributed by atoms with Crippen LogP contribution >= 0.6 is 0 Å². The van der Waals surface area contributed by atoms with Gasteiger partial charge in [0, 0.05) is 5.69 Å². The van der Waals surface area contributed by atoms with Crippen LogP contribution in [0.3, 0.4) is 0 Å². The van der Waals surface area contributed by atoms with Crippen molar-refractivity contribution in [3.63, 3.8) is 0 Å². The van der Waals surface area contributed by atoms with Gasteiger partial charge in [-0.1, -0.05) is 38.1 Å². The highest BCUT2D eigenvalue weighted by atomic mass is 14.6. The predicted molar refractivity (Wildman–Crippen MR) is 61.6 cm³/mol. The molecule has 0 atom stereocenters. The Balaban J connectivity index is 0.000000671. The lowest BCUT2D eigenvalue weighted by atomic mass is 10.1. The summed E-state index contributed by atoms with van der Waals surface area (Å²) in [6.45, 7) is 8.05. The molecule has 1 rings (SSSR count). The minimum atomic E-state index is 0.850. The second-order valence-electron chi connectivity index (χ2n) is 2.58. The van der Waals surface area contributed by atoms with Gasteiger partial charge in [0.2, 0.25) is 0 Å². The van der Waals surface area contributed by atoms with Crippen LogP contribution in [0.25, 0.3) is 6.08 Å². The Bertz CT molecular complexity index is 254. The Morgan fingerprint density at radius 2 is 1.85 bits per heavy atom. The average molecular weight is 177 g/mol. The van der Waals surface area contributed by atoms with Gasteiger partial charge in [0.1, 0.15) is 0 Å². The third-order valence-corrected chi connectivity index (χ3v) is 1.69. The number of anilines is 1. The molecule has 1 aromatic rings. The largest absolute Gasteiger partial charge is 0.398 e. The summed E-state index contributed by atoms with van der Waals surface area (Å²) in [6, 6.07) is 5.95. The number of aryl methyl sites for hydroxylation is 1. The maximum Gasteiger partial charge on any atom is 0.0390 e. The summed E-state index contributed by atoms with van der Waals surface area (Å²) in [4.78, 5) is 0. The SMILES string of the molecule is C/C=C\c1c(C)cccc1N.CC. The van der Waals surface area contributed by atoms with Gasteiger partial charge < -0.3 is 5.73 Å². The van der Waals surface area contributed by atoms with Crippen molar-refractivity contribution >= 4 is 11.8 Å². The fourth-order valence-electron chi connectivity index (χ4n) is 1.10. The third-order valence-electron chi connectivity index (χ3n) is 1.69. The first-order chi connectivity index (χ1) is 6.25. The quantitative estimate of drug-likeness (QED) is 0.651. The highest BCUT2D eigenvalue weighted by Gasteiger charge is 1.95. The first-order valence-electron chi connectivity index (χ1n) is 4.73. The van der Waals surface area contributed by atoms with Gasteiger partial charge in [-0.25, -0.2) is 0 Å². The van der Waals surface area contributed by atoms with Gasteiger partial charge in [-0.2, -0.15) is 0 Å². The van der Waals surface area contributed by atoms with Crippen molar-refractivity contribution in [3.05, 3.63) is 35.4 Å². The van der Waals surface area contributed by atoms with Crippen LogP contribution in [0.4, 0.5) is 5.69 Å². The van der Waals surface area contributed by atoms with Crippen LogP contribution in [0.15, 0.2) is 24.3 Å². The standard InChI is InChI=1S/C10H13N.C2H6/c1-3-5-9-8(2)6-4-7-10(9)11;1-2/h3-7H,11H2,1-2H3;1-2H3/b5-3-;. The molecule has 0 aliphatic heterocycles. The molecule has 1 nitrogen and oxygen atoms in total. The fourth-order valence-corrected chi connectivity index (χ4v) is 1.10. The van der Waals surface area contributed by atoms with Crippen molar-refractivity contribution < 1.29 is 0 Å². The Morgan fingerprint density at radius 1 is 1.23 bits per heavy atom. The first-order valence-corrected chi connectivity index (χ1v) is 4.73. The number of hydrogen-bond donors (Lipinski definition) is 1. The molecule has 0 unspecified atom stereocenters. The lowest BCUT2D eigenvalue weighted by molar-refractivity contribution is 1.44. The van der Waals surface area contributed by atoms with E-state index in [1.165, 1.54) is 5.56 Å². The van der Waals surface area contributed by atoms with E-state index in [-0.39, 0.29) is 0 Å². The second kappa shape index (κ2) is 6.30. The van der Waals surface area contributed by atoms with Crippen LogP contribution in [0, 0.1) is 6.92 Å². The van der Waals surface area contributed by atoms with Crippen molar-refractivity contribution in [1.29, 1.82) is 0 Å². The lowest BCUT2D eigenvalue weighted by Gasteiger charge is -2.02. The lowest BCUT2D eigenvalue weighted by Crippen LogP contribution is -1.90. The molecule has 0 aromatic heterocycles. The van der Waals surface area contributed by atoms with Crippen molar-refractivity contribution in [2.45, 2.75) is 27.7 Å². The number of allylic oxidation sites excluding steroid dienone is 1. The maximum atomic E-state index is 5.76. The van der Waals surface area contributed by atoms with Crippen LogP contribution < -0.4 is 5.73 Å². The van der Waals surface area contributed by atoms with E-state index in [1.807, 2.05) is 45.1 Å². The summed E-state index contributed by atoms with van der Waals surface area (Å²) in [7, 11) is 0. The molecule has 2 N–H and O–H groups in total. The molecule has 72 valence electrons. The summed E-state index contributed by atoms with van der Waals surface area (Å²) >= 11 is 0. The summed E-state index contributed by atoms with van der Waals surface area (Å²) in [5, 5.41) is 0. The van der Waals surface area contributed by atoms with Gasteiger partial charge in [0.25, 0.3) is 0 Å². The minimum Gasteiger partial charge on any atom is -0.398 e. The monoisotopic (exact) mass is 177 g/mol. The highest BCUT2D eigenvalue weighted by Crippen LogP contribution is 2.17. The molecule has 0 saturated carbocycles. The predicted octanol–water partition coefficient (Wildman–Crippen LogP) is 3.64. The topological polar surface area (TPSA) is 26.0 Å². The van der Waals surface area contributed by atoms with Crippen LogP contribution in [0.2, 0.25) is 0 Å². The Kier molecular flexibility index (Phi) is 5.69. The third kappa shape index (κ3) is 3.32. The summed E-state index contributed by atoms with van der Waals surface area (Å²) < 4.78 is 0. The molecule has 0 saturated heterocycles. The average Bonchev–Trinajstić information content (AvgIpc) is 2.15. The van der Waals surface area contributed by atoms with Crippen LogP contribution in [0.5, 0.6) is 0 Å². The molecule has 0 fully saturated rings. The second-order valence-corrected chi connectivity index (χ2v) is 2.58. The van der Waals surface area contributed by atoms with Crippen molar-refractivity contribution in [2.24, 2.45) is 0 Å². The van der Waals surface area contributed by atoms with E-state index >= 15 is 0 Å². The molecule has 0 heterocycles. The van der Waals surface area contributed by atoms with E-state index in [9.17, 15) is 0 Å². The smallest absolute Gasteiger partial charge is 0.0390 e. The number of hydrogen-bond acceptors (Lipinski definition) is 1. The van der Waals surface area contributed by atoms with Crippen molar-refractivity contribution in [2.75, 3.05) is 5.73 Å². The zero-order valence-electron chi connectivity index (χ0n) is 8.96. The van der Waals surface area contributed by atoms with E-state index in [2.05, 4.69) is 13.0 Å². The fraction of sp³-hybridized carbons (Fsp3) is 0.333. The number of nitrogens with two attached hydrogens (primary N) is 1. The van der Waals surface area contributed by atoms with Crippen molar-refractivity contribution in [1.82, 2.24) is 0 Å². The van der Waals surface area contributed by atoms with Gasteiger partial charge in [-0.15, -0.1) is 0 Å². The molecule has 1 heteroatoms. The Morgan fingerprint density at radius 3 is 2.31 bits per heavy atom. The molecule has 1 aromatic carbocycles. The number of rotatable bonds is 1. The van der Waals surface area contributed by atoms with E-state index in [0.717, 1.165) is 11.3 Å². The van der Waals surface area contributed by atoms with Gasteiger partial charge in [0.15, 0.2) is 0 Å². The summed E-state index contributed by atoms with van der Waals surface area (Å²) in [6.07, 6.45) is 4.03. The number of benzene rings is 1. The van der Waals surface area contributed by atoms with E-state index in [4.69, 9.17) is 5.73 Å². The van der Waals surface area contributed by atoms with E-state index < -0.39 is 0 Å². The van der Waals surface area contributed by atoms with Crippen LogP contribution in [-0.4, -0.2) is 0 Å². The minimum absolute atomic E-state index is 0.850. The number of nitrogen functional groups attached to an aromatic ring is 1. The van der Waals surface area contributed by atoms with Gasteiger partial charge in [-0.3, -0.25) is 0 Å². The molecule has 0 amide bonds. The first kappa shape index (κ1) is 11.8. The van der Waals surface area contributed by atoms with E-state index in [1.54, 1.807) is 0 Å². The van der Waals surface area contributed by atoms with E-state index in [0.29, 0.717) is 0 Å². The molecule has 0 bridgehead atoms. The maximum absolute atomic E-state index is 5.76. The van der Waals surface area contributed by atoms with Crippen LogP contribution in [0.1, 0.15) is 31.9 Å². The Hall–Kier alpha value is -1.24. The summed E-state index contributed by atoms with van der Waals surface area (Å²) in [5.74, 6) is 0. The molecule has 13 heavy (non-hydrogen) atoms. The normalized spacial score (nSPS) is 9.54. The molecular formula is C12H19N. The van der Waals surface area contributed by atoms with Gasteiger partial charge in [0.05, 0.1) is 0 Å². The van der Waals surface area contributed by atoms with Gasteiger partial charge in [-0.05, 0) is 31.0 Å². The molecular weight excluding hydrogens is 158 g/mol. The van der Waals surface area contributed by atoms with Gasteiger partial charge >= 0.3 is 0 Å². The molecule has 0 spiro atoms.